The van der Waals surface area contributed by atoms with E-state index in [1.165, 1.54) is 20.0 Å². The van der Waals surface area contributed by atoms with Crippen molar-refractivity contribution in [1.29, 1.82) is 0 Å². The largest absolute Gasteiger partial charge is 0.508 e. The maximum absolute atomic E-state index is 12.7. The summed E-state index contributed by atoms with van der Waals surface area (Å²) in [6.45, 7) is 4.27. The number of nitrogens with one attached hydrogen (secondary N) is 1. The van der Waals surface area contributed by atoms with Crippen LogP contribution in [0.25, 0.3) is 0 Å². The molecule has 3 N–H and O–H groups in total. The molecule has 0 bridgehead atoms. The second-order valence-electron chi connectivity index (χ2n) is 9.24. The van der Waals surface area contributed by atoms with Crippen molar-refractivity contribution in [3.8, 4) is 5.75 Å². The zero-order valence-corrected chi connectivity index (χ0v) is 20.3. The standard InChI is InChI=1S/C26H30N4O6/c1-26(2,25(33)34)36-18-11-9-17(10-12-18)24(32)29-22-14-27-15-23(28-22)30-13-5-6-19(16-30)35-21-8-4-3-7-20(21)31/h4,8-12,14-15,19,31H,3,5-7,13,16H2,1-2H3,(H,33,34)(H,28,29,32). The van der Waals surface area contributed by atoms with Crippen LogP contribution < -0.4 is 15.0 Å². The zero-order chi connectivity index (χ0) is 25.7. The molecule has 4 rings (SSSR count). The fourth-order valence-electron chi connectivity index (χ4n) is 3.93. The minimum absolute atomic E-state index is 0.0921. The lowest BCUT2D eigenvalue weighted by molar-refractivity contribution is -0.152. The van der Waals surface area contributed by atoms with Gasteiger partial charge in [-0.25, -0.2) is 9.78 Å². The fraction of sp³-hybridized carbons (Fsp3) is 0.385. The third-order valence-electron chi connectivity index (χ3n) is 5.97. The predicted molar refractivity (Wildman–Crippen MR) is 133 cm³/mol. The third kappa shape index (κ3) is 6.12. The lowest BCUT2D eigenvalue weighted by Gasteiger charge is -2.34. The van der Waals surface area contributed by atoms with Crippen molar-refractivity contribution in [1.82, 2.24) is 9.97 Å². The number of rotatable bonds is 8. The highest BCUT2D eigenvalue weighted by Crippen LogP contribution is 2.25. The highest BCUT2D eigenvalue weighted by Gasteiger charge is 2.29. The number of hydrogen-bond acceptors (Lipinski definition) is 8. The summed E-state index contributed by atoms with van der Waals surface area (Å²) in [5.41, 5.74) is -1.02. The minimum Gasteiger partial charge on any atom is -0.508 e. The van der Waals surface area contributed by atoms with E-state index >= 15 is 0 Å². The van der Waals surface area contributed by atoms with Gasteiger partial charge in [-0.15, -0.1) is 0 Å². The Labute approximate surface area is 209 Å². The van der Waals surface area contributed by atoms with Gasteiger partial charge in [0.25, 0.3) is 5.91 Å². The van der Waals surface area contributed by atoms with Crippen molar-refractivity contribution < 1.29 is 29.3 Å². The number of ether oxygens (including phenoxy) is 2. The van der Waals surface area contributed by atoms with Gasteiger partial charge in [0.15, 0.2) is 17.2 Å². The number of nitrogens with zero attached hydrogens (tertiary/aromatic N) is 3. The minimum atomic E-state index is -1.39. The number of amides is 1. The number of carboxylic acids is 1. The van der Waals surface area contributed by atoms with Crippen LogP contribution in [0.2, 0.25) is 0 Å². The molecule has 0 saturated carbocycles. The summed E-state index contributed by atoms with van der Waals surface area (Å²) in [6.07, 6.45) is 10.0. The quantitative estimate of drug-likeness (QED) is 0.496. The van der Waals surface area contributed by atoms with E-state index in [1.807, 2.05) is 12.2 Å². The lowest BCUT2D eigenvalue weighted by atomic mass is 10.1. The number of aliphatic hydroxyl groups excluding tert-OH is 1. The molecule has 1 aliphatic heterocycles. The maximum Gasteiger partial charge on any atom is 0.347 e. The van der Waals surface area contributed by atoms with E-state index in [9.17, 15) is 19.8 Å². The Morgan fingerprint density at radius 2 is 1.97 bits per heavy atom. The van der Waals surface area contributed by atoms with E-state index in [-0.39, 0.29) is 17.8 Å². The molecule has 1 aromatic carbocycles. The van der Waals surface area contributed by atoms with E-state index in [0.29, 0.717) is 41.7 Å². The van der Waals surface area contributed by atoms with Crippen LogP contribution >= 0.6 is 0 Å². The van der Waals surface area contributed by atoms with Crippen LogP contribution in [0.5, 0.6) is 5.75 Å². The Bertz CT molecular complexity index is 1180. The van der Waals surface area contributed by atoms with Crippen molar-refractivity contribution in [2.45, 2.75) is 51.2 Å². The topological polar surface area (TPSA) is 134 Å². The van der Waals surface area contributed by atoms with Gasteiger partial charge in [0.1, 0.15) is 23.4 Å². The molecule has 1 fully saturated rings. The van der Waals surface area contributed by atoms with Gasteiger partial charge < -0.3 is 29.9 Å². The van der Waals surface area contributed by atoms with Gasteiger partial charge in [0.05, 0.1) is 18.9 Å². The highest BCUT2D eigenvalue weighted by molar-refractivity contribution is 6.03. The number of carboxylic acid groups (broad SMARTS) is 1. The number of aromatic nitrogens is 2. The number of benzene rings is 1. The van der Waals surface area contributed by atoms with E-state index in [0.717, 1.165) is 25.8 Å². The van der Waals surface area contributed by atoms with Gasteiger partial charge >= 0.3 is 5.97 Å². The normalized spacial score (nSPS) is 18.1. The van der Waals surface area contributed by atoms with Crippen LogP contribution in [0.3, 0.4) is 0 Å². The van der Waals surface area contributed by atoms with Crippen LogP contribution in [0, 0.1) is 0 Å². The van der Waals surface area contributed by atoms with Crippen molar-refractivity contribution in [2.24, 2.45) is 0 Å². The molecule has 2 heterocycles. The molecule has 1 atom stereocenters. The first kappa shape index (κ1) is 25.0. The first-order valence-electron chi connectivity index (χ1n) is 11.9. The monoisotopic (exact) mass is 494 g/mol. The molecule has 2 aromatic rings. The molecule has 36 heavy (non-hydrogen) atoms. The summed E-state index contributed by atoms with van der Waals surface area (Å²) in [7, 11) is 0. The van der Waals surface area contributed by atoms with Crippen molar-refractivity contribution >= 4 is 23.5 Å². The summed E-state index contributed by atoms with van der Waals surface area (Å²) >= 11 is 0. The van der Waals surface area contributed by atoms with Crippen molar-refractivity contribution in [3.63, 3.8) is 0 Å². The molecule has 1 amide bonds. The summed E-state index contributed by atoms with van der Waals surface area (Å²) in [5, 5.41) is 22.0. The van der Waals surface area contributed by atoms with Crippen molar-refractivity contribution in [3.05, 3.63) is 65.9 Å². The summed E-state index contributed by atoms with van der Waals surface area (Å²) < 4.78 is 11.5. The molecule has 1 aliphatic carbocycles. The molecule has 10 heteroatoms. The smallest absolute Gasteiger partial charge is 0.347 e. The average molecular weight is 495 g/mol. The van der Waals surface area contributed by atoms with Gasteiger partial charge in [0, 0.05) is 18.5 Å². The van der Waals surface area contributed by atoms with E-state index in [2.05, 4.69) is 20.2 Å². The second-order valence-corrected chi connectivity index (χ2v) is 9.24. The van der Waals surface area contributed by atoms with Crippen LogP contribution in [0.15, 0.2) is 60.3 Å². The molecule has 2 aliphatic rings. The molecular weight excluding hydrogens is 464 g/mol. The number of piperidine rings is 1. The van der Waals surface area contributed by atoms with E-state index in [1.54, 1.807) is 30.5 Å². The molecular formula is C26H30N4O6. The number of aliphatic hydroxyl groups is 1. The number of allylic oxidation sites excluding steroid dienone is 3. The van der Waals surface area contributed by atoms with Crippen LogP contribution in [0.4, 0.5) is 11.6 Å². The van der Waals surface area contributed by atoms with Gasteiger partial charge in [-0.1, -0.05) is 6.08 Å². The summed E-state index contributed by atoms with van der Waals surface area (Å²) in [6, 6.07) is 6.20. The Balaban J connectivity index is 1.38. The van der Waals surface area contributed by atoms with E-state index < -0.39 is 11.6 Å². The van der Waals surface area contributed by atoms with Crippen LogP contribution in [-0.4, -0.2) is 56.9 Å². The summed E-state index contributed by atoms with van der Waals surface area (Å²) in [4.78, 5) is 34.8. The number of carbonyl (C=O) groups excluding carboxylic acids is 1. The fourth-order valence-corrected chi connectivity index (χ4v) is 3.93. The molecule has 1 saturated heterocycles. The van der Waals surface area contributed by atoms with Gasteiger partial charge in [-0.3, -0.25) is 9.78 Å². The van der Waals surface area contributed by atoms with Crippen LogP contribution in [0.1, 0.15) is 49.9 Å². The molecule has 0 radical (unpaired) electrons. The maximum atomic E-state index is 12.7. The molecule has 0 spiro atoms. The van der Waals surface area contributed by atoms with Gasteiger partial charge in [-0.05, 0) is 63.5 Å². The van der Waals surface area contributed by atoms with Gasteiger partial charge in [-0.2, -0.15) is 0 Å². The SMILES string of the molecule is CC(C)(Oc1ccc(C(=O)Nc2cncc(N3CCCC(OC4=C(O)CCC=C4)C3)n2)cc1)C(=O)O. The zero-order valence-electron chi connectivity index (χ0n) is 20.3. The lowest BCUT2D eigenvalue weighted by Crippen LogP contribution is -2.40. The molecule has 10 nitrogen and oxygen atoms in total. The Morgan fingerprint density at radius 3 is 2.69 bits per heavy atom. The third-order valence-corrected chi connectivity index (χ3v) is 5.97. The number of anilines is 2. The second kappa shape index (κ2) is 10.7. The number of carbonyl (C=O) groups is 2. The Hall–Kier alpha value is -4.08. The Kier molecular flexibility index (Phi) is 7.42. The molecule has 190 valence electrons. The van der Waals surface area contributed by atoms with Crippen molar-refractivity contribution in [2.75, 3.05) is 23.3 Å². The van der Waals surface area contributed by atoms with E-state index in [4.69, 9.17) is 9.47 Å². The van der Waals surface area contributed by atoms with Crippen LogP contribution in [-0.2, 0) is 9.53 Å². The summed E-state index contributed by atoms with van der Waals surface area (Å²) in [5.74, 6) is 0.622. The average Bonchev–Trinajstić information content (AvgIpc) is 2.86. The van der Waals surface area contributed by atoms with Gasteiger partial charge in [0.2, 0.25) is 0 Å². The molecule has 1 aromatic heterocycles. The highest BCUT2D eigenvalue weighted by atomic mass is 16.5. The molecule has 1 unspecified atom stereocenters. The number of aliphatic carboxylic acids is 1. The predicted octanol–water partition coefficient (Wildman–Crippen LogP) is 4.08. The first-order chi connectivity index (χ1) is 17.2. The first-order valence-corrected chi connectivity index (χ1v) is 11.9. The number of hydrogen-bond donors (Lipinski definition) is 3. The Morgan fingerprint density at radius 1 is 1.19 bits per heavy atom.